The summed E-state index contributed by atoms with van der Waals surface area (Å²) in [5, 5.41) is 0.139. The van der Waals surface area contributed by atoms with E-state index in [1.807, 2.05) is 20.8 Å². The molecule has 0 saturated heterocycles. The van der Waals surface area contributed by atoms with Crippen LogP contribution in [0.25, 0.3) is 0 Å². The van der Waals surface area contributed by atoms with Crippen LogP contribution < -0.4 is 5.73 Å². The van der Waals surface area contributed by atoms with Gasteiger partial charge in [-0.05, 0) is 57.2 Å². The van der Waals surface area contributed by atoms with Crippen molar-refractivity contribution in [3.05, 3.63) is 22.2 Å². The van der Waals surface area contributed by atoms with E-state index in [0.717, 1.165) is 36.2 Å². The van der Waals surface area contributed by atoms with Gasteiger partial charge in [-0.3, -0.25) is 4.79 Å². The number of nitrogens with zero attached hydrogens (tertiary/aromatic N) is 3. The molecule has 1 aliphatic carbocycles. The first-order chi connectivity index (χ1) is 12.2. The monoisotopic (exact) mass is 380 g/mol. The molecular weight excluding hydrogens is 356 g/mol. The molecule has 1 aliphatic heterocycles. The van der Waals surface area contributed by atoms with Crippen molar-refractivity contribution in [3.8, 4) is 0 Å². The normalized spacial score (nSPS) is 22.8. The average Bonchev–Trinajstić information content (AvgIpc) is 3.01. The summed E-state index contributed by atoms with van der Waals surface area (Å²) in [5.41, 5.74) is 7.57. The third-order valence-corrected chi connectivity index (χ3v) is 5.12. The van der Waals surface area contributed by atoms with E-state index in [9.17, 15) is 9.59 Å². The number of primary amides is 1. The Balaban J connectivity index is 1.87. The molecule has 0 spiro atoms. The predicted octanol–water partition coefficient (Wildman–Crippen LogP) is 2.79. The quantitative estimate of drug-likeness (QED) is 0.795. The van der Waals surface area contributed by atoms with E-state index in [1.54, 1.807) is 4.90 Å². The summed E-state index contributed by atoms with van der Waals surface area (Å²) in [6.45, 7) is 6.36. The van der Waals surface area contributed by atoms with Crippen LogP contribution in [0.3, 0.4) is 0 Å². The van der Waals surface area contributed by atoms with Crippen LogP contribution in [0.5, 0.6) is 0 Å². The number of hydrogen-bond acceptors (Lipinski definition) is 5. The third kappa shape index (κ3) is 3.92. The summed E-state index contributed by atoms with van der Waals surface area (Å²) >= 11 is 6.15. The van der Waals surface area contributed by atoms with Gasteiger partial charge >= 0.3 is 6.09 Å². The number of fused-ring (bicyclic) bond motifs is 1. The van der Waals surface area contributed by atoms with Gasteiger partial charge in [-0.15, -0.1) is 0 Å². The Labute approximate surface area is 158 Å². The number of amides is 2. The zero-order valence-electron chi connectivity index (χ0n) is 15.4. The zero-order valence-corrected chi connectivity index (χ0v) is 16.2. The molecule has 7 nitrogen and oxygen atoms in total. The fraction of sp³-hybridized carbons (Fsp3) is 0.667. The fourth-order valence-electron chi connectivity index (χ4n) is 3.85. The van der Waals surface area contributed by atoms with Gasteiger partial charge in [0.25, 0.3) is 0 Å². The van der Waals surface area contributed by atoms with Gasteiger partial charge in [0, 0.05) is 18.4 Å². The summed E-state index contributed by atoms with van der Waals surface area (Å²) < 4.78 is 5.45. The maximum Gasteiger partial charge on any atom is 0.410 e. The van der Waals surface area contributed by atoms with E-state index >= 15 is 0 Å². The molecule has 2 amide bonds. The van der Waals surface area contributed by atoms with Crippen molar-refractivity contribution >= 4 is 23.6 Å². The molecule has 26 heavy (non-hydrogen) atoms. The van der Waals surface area contributed by atoms with Crippen LogP contribution >= 0.6 is 11.6 Å². The number of nitrogens with two attached hydrogens (primary N) is 1. The van der Waals surface area contributed by atoms with Crippen LogP contribution in [0, 0.1) is 5.92 Å². The van der Waals surface area contributed by atoms with Crippen molar-refractivity contribution in [2.75, 3.05) is 6.54 Å². The fourth-order valence-corrected chi connectivity index (χ4v) is 4.04. The molecule has 1 saturated carbocycles. The van der Waals surface area contributed by atoms with Gasteiger partial charge in [-0.1, -0.05) is 6.42 Å². The number of aromatic nitrogens is 2. The van der Waals surface area contributed by atoms with Crippen LogP contribution in [-0.2, 0) is 22.5 Å². The van der Waals surface area contributed by atoms with Crippen molar-refractivity contribution in [2.45, 2.75) is 64.5 Å². The Kier molecular flexibility index (Phi) is 5.10. The first-order valence-corrected chi connectivity index (χ1v) is 9.36. The summed E-state index contributed by atoms with van der Waals surface area (Å²) in [7, 11) is 0. The molecule has 8 heteroatoms. The molecule has 1 aromatic rings. The Hall–Kier alpha value is -1.89. The lowest BCUT2D eigenvalue weighted by Gasteiger charge is -2.32. The van der Waals surface area contributed by atoms with Crippen LogP contribution in [0.4, 0.5) is 4.79 Å². The lowest BCUT2D eigenvalue weighted by atomic mass is 9.87. The van der Waals surface area contributed by atoms with E-state index in [2.05, 4.69) is 9.97 Å². The lowest BCUT2D eigenvalue weighted by Crippen LogP contribution is -2.41. The number of carbonyl (C=O) groups excluding carboxylic acids is 2. The molecule has 1 unspecified atom stereocenters. The molecule has 0 aromatic carbocycles. The SMILES string of the molecule is CC(C)(C)OC(=O)N1CCc2c(nc(Cl)nc2C2CCC[C@H]2C(N)=O)C1. The van der Waals surface area contributed by atoms with Crippen LogP contribution in [0.2, 0.25) is 5.28 Å². The minimum atomic E-state index is -0.551. The molecule has 2 aliphatic rings. The van der Waals surface area contributed by atoms with Gasteiger partial charge in [0.15, 0.2) is 0 Å². The number of halogens is 1. The first kappa shape index (κ1) is 18.9. The van der Waals surface area contributed by atoms with E-state index < -0.39 is 5.60 Å². The van der Waals surface area contributed by atoms with Crippen molar-refractivity contribution in [2.24, 2.45) is 11.7 Å². The zero-order chi connectivity index (χ0) is 19.1. The molecule has 2 heterocycles. The lowest BCUT2D eigenvalue weighted by molar-refractivity contribution is -0.122. The Bertz CT molecular complexity index is 732. The Morgan fingerprint density at radius 2 is 2.00 bits per heavy atom. The predicted molar refractivity (Wildman–Crippen MR) is 96.7 cm³/mol. The number of rotatable bonds is 2. The Morgan fingerprint density at radius 3 is 2.65 bits per heavy atom. The number of ether oxygens (including phenoxy) is 1. The van der Waals surface area contributed by atoms with E-state index in [0.29, 0.717) is 19.5 Å². The molecule has 142 valence electrons. The summed E-state index contributed by atoms with van der Waals surface area (Å²) in [6, 6.07) is 0. The molecule has 2 N–H and O–H groups in total. The van der Waals surface area contributed by atoms with Crippen molar-refractivity contribution < 1.29 is 14.3 Å². The van der Waals surface area contributed by atoms with E-state index in [-0.39, 0.29) is 29.1 Å². The summed E-state index contributed by atoms with van der Waals surface area (Å²) in [5.74, 6) is -0.522. The molecule has 0 bridgehead atoms. The second kappa shape index (κ2) is 7.02. The van der Waals surface area contributed by atoms with Crippen LogP contribution in [0.1, 0.15) is 62.9 Å². The van der Waals surface area contributed by atoms with E-state index in [1.165, 1.54) is 0 Å². The smallest absolute Gasteiger partial charge is 0.410 e. The third-order valence-electron chi connectivity index (χ3n) is 4.95. The molecule has 1 aromatic heterocycles. The van der Waals surface area contributed by atoms with Gasteiger partial charge in [-0.2, -0.15) is 0 Å². The van der Waals surface area contributed by atoms with Crippen molar-refractivity contribution in [1.29, 1.82) is 0 Å². The second-order valence-corrected chi connectivity index (χ2v) is 8.34. The molecule has 3 rings (SSSR count). The van der Waals surface area contributed by atoms with Crippen molar-refractivity contribution in [1.82, 2.24) is 14.9 Å². The van der Waals surface area contributed by atoms with Gasteiger partial charge in [0.2, 0.25) is 11.2 Å². The van der Waals surface area contributed by atoms with Gasteiger partial charge in [0.05, 0.1) is 17.9 Å². The summed E-state index contributed by atoms with van der Waals surface area (Å²) in [6.07, 6.45) is 2.83. The topological polar surface area (TPSA) is 98.4 Å². The highest BCUT2D eigenvalue weighted by Crippen LogP contribution is 2.41. The molecule has 0 radical (unpaired) electrons. The van der Waals surface area contributed by atoms with Gasteiger partial charge < -0.3 is 15.4 Å². The van der Waals surface area contributed by atoms with Crippen LogP contribution in [-0.4, -0.2) is 39.0 Å². The number of hydrogen-bond donors (Lipinski definition) is 1. The maximum atomic E-state index is 12.4. The molecule has 2 atom stereocenters. The van der Waals surface area contributed by atoms with Crippen molar-refractivity contribution in [3.63, 3.8) is 0 Å². The Morgan fingerprint density at radius 1 is 1.27 bits per heavy atom. The maximum absolute atomic E-state index is 12.4. The van der Waals surface area contributed by atoms with E-state index in [4.69, 9.17) is 22.1 Å². The highest BCUT2D eigenvalue weighted by molar-refractivity contribution is 6.28. The standard InChI is InChI=1S/C18H25ClN4O3/c1-18(2,3)26-17(25)23-8-7-12-13(9-23)21-16(19)22-14(12)10-5-4-6-11(10)15(20)24/h10-11H,4-9H2,1-3H3,(H2,20,24)/t10?,11-/m1/s1. The van der Waals surface area contributed by atoms with Gasteiger partial charge in [0.1, 0.15) is 5.60 Å². The largest absolute Gasteiger partial charge is 0.444 e. The molecular formula is C18H25ClN4O3. The highest BCUT2D eigenvalue weighted by Gasteiger charge is 2.37. The average molecular weight is 381 g/mol. The second-order valence-electron chi connectivity index (χ2n) is 8.00. The number of carbonyl (C=O) groups is 2. The highest BCUT2D eigenvalue weighted by atomic mass is 35.5. The minimum absolute atomic E-state index is 0.0187. The molecule has 1 fully saturated rings. The minimum Gasteiger partial charge on any atom is -0.444 e. The van der Waals surface area contributed by atoms with Gasteiger partial charge in [-0.25, -0.2) is 14.8 Å². The first-order valence-electron chi connectivity index (χ1n) is 8.98. The van der Waals surface area contributed by atoms with Crippen LogP contribution in [0.15, 0.2) is 0 Å². The summed E-state index contributed by atoms with van der Waals surface area (Å²) in [4.78, 5) is 34.5.